The van der Waals surface area contributed by atoms with Crippen LogP contribution in [0.4, 0.5) is 0 Å². The largest absolute Gasteiger partial charge is 0.466 e. The van der Waals surface area contributed by atoms with Gasteiger partial charge < -0.3 is 4.74 Å². The van der Waals surface area contributed by atoms with Gasteiger partial charge in [-0.15, -0.1) is 0 Å². The maximum Gasteiger partial charge on any atom is 0.306 e. The van der Waals surface area contributed by atoms with Gasteiger partial charge in [0.15, 0.2) is 0 Å². The molecule has 0 fully saturated rings. The van der Waals surface area contributed by atoms with Crippen LogP contribution in [-0.2, 0) is 9.53 Å². The van der Waals surface area contributed by atoms with Crippen LogP contribution >= 0.6 is 0 Å². The number of hydrogen-bond donors (Lipinski definition) is 0. The van der Waals surface area contributed by atoms with Crippen LogP contribution in [0.2, 0.25) is 0 Å². The molecule has 5 nitrogen and oxygen atoms in total. The van der Waals surface area contributed by atoms with Crippen molar-refractivity contribution in [2.75, 3.05) is 13.2 Å². The fraction of sp³-hybridized carbons (Fsp3) is 0.889. The van der Waals surface area contributed by atoms with Crippen LogP contribution in [-0.4, -0.2) is 24.0 Å². The van der Waals surface area contributed by atoms with Crippen molar-refractivity contribution in [3.8, 4) is 0 Å². The molecule has 0 aromatic carbocycles. The minimum atomic E-state index is -0.375. The maximum atomic E-state index is 11.1. The Hall–Kier alpha value is -1.13. The SMILES string of the molecule is CCC[C@@H](CC(=O)OCC)C[N+](=O)[O-]. The number of nitrogens with zero attached hydrogens (tertiary/aromatic N) is 1. The quantitative estimate of drug-likeness (QED) is 0.358. The van der Waals surface area contributed by atoms with Crippen molar-refractivity contribution < 1.29 is 14.5 Å². The number of ether oxygens (including phenoxy) is 1. The highest BCUT2D eigenvalue weighted by Crippen LogP contribution is 2.12. The van der Waals surface area contributed by atoms with Crippen molar-refractivity contribution in [2.45, 2.75) is 33.1 Å². The standard InChI is InChI=1S/C9H17NO4/c1-3-5-8(7-10(12)13)6-9(11)14-4-2/h8H,3-7H2,1-2H3/t8-/m0/s1. The van der Waals surface area contributed by atoms with Crippen molar-refractivity contribution in [1.82, 2.24) is 0 Å². The van der Waals surface area contributed by atoms with E-state index in [9.17, 15) is 14.9 Å². The summed E-state index contributed by atoms with van der Waals surface area (Å²) >= 11 is 0. The molecule has 0 unspecified atom stereocenters. The van der Waals surface area contributed by atoms with E-state index in [1.807, 2.05) is 6.92 Å². The van der Waals surface area contributed by atoms with E-state index in [0.717, 1.165) is 6.42 Å². The summed E-state index contributed by atoms with van der Waals surface area (Å²) in [5.41, 5.74) is 0. The third-order valence-electron chi connectivity index (χ3n) is 1.86. The van der Waals surface area contributed by atoms with Crippen molar-refractivity contribution in [1.29, 1.82) is 0 Å². The second-order valence-corrected chi connectivity index (χ2v) is 3.18. The first-order chi connectivity index (χ1) is 6.60. The first kappa shape index (κ1) is 12.9. The molecule has 0 bridgehead atoms. The highest BCUT2D eigenvalue weighted by atomic mass is 16.6. The van der Waals surface area contributed by atoms with Gasteiger partial charge in [-0.1, -0.05) is 13.3 Å². The van der Waals surface area contributed by atoms with Gasteiger partial charge in [-0.05, 0) is 13.3 Å². The fourth-order valence-corrected chi connectivity index (χ4v) is 1.33. The number of rotatable bonds is 7. The van der Waals surface area contributed by atoms with Gasteiger partial charge in [-0.25, -0.2) is 0 Å². The summed E-state index contributed by atoms with van der Waals surface area (Å²) in [5.74, 6) is -0.526. The first-order valence-corrected chi connectivity index (χ1v) is 4.87. The molecule has 0 aliphatic carbocycles. The van der Waals surface area contributed by atoms with Crippen LogP contribution in [0.25, 0.3) is 0 Å². The lowest BCUT2D eigenvalue weighted by Crippen LogP contribution is -2.19. The molecule has 1 atom stereocenters. The van der Waals surface area contributed by atoms with Crippen molar-refractivity contribution in [3.63, 3.8) is 0 Å². The summed E-state index contributed by atoms with van der Waals surface area (Å²) in [5, 5.41) is 10.3. The van der Waals surface area contributed by atoms with Crippen LogP contribution in [0.15, 0.2) is 0 Å². The van der Waals surface area contributed by atoms with E-state index in [4.69, 9.17) is 4.74 Å². The van der Waals surface area contributed by atoms with E-state index in [0.29, 0.717) is 13.0 Å². The summed E-state index contributed by atoms with van der Waals surface area (Å²) in [6, 6.07) is 0. The van der Waals surface area contributed by atoms with Crippen LogP contribution in [0.5, 0.6) is 0 Å². The van der Waals surface area contributed by atoms with E-state index in [1.165, 1.54) is 0 Å². The minimum absolute atomic E-state index is 0.146. The molecule has 0 aliphatic rings. The summed E-state index contributed by atoms with van der Waals surface area (Å²) in [6.07, 6.45) is 1.69. The Labute approximate surface area is 83.6 Å². The molecular formula is C9H17NO4. The van der Waals surface area contributed by atoms with Crippen molar-refractivity contribution in [2.24, 2.45) is 5.92 Å². The van der Waals surface area contributed by atoms with Gasteiger partial charge >= 0.3 is 5.97 Å². The molecule has 0 rings (SSSR count). The summed E-state index contributed by atoms with van der Waals surface area (Å²) in [7, 11) is 0. The lowest BCUT2D eigenvalue weighted by atomic mass is 10.0. The fourth-order valence-electron chi connectivity index (χ4n) is 1.33. The minimum Gasteiger partial charge on any atom is -0.466 e. The van der Waals surface area contributed by atoms with Gasteiger partial charge in [0.05, 0.1) is 13.0 Å². The van der Waals surface area contributed by atoms with E-state index < -0.39 is 0 Å². The first-order valence-electron chi connectivity index (χ1n) is 4.87. The van der Waals surface area contributed by atoms with Crippen molar-refractivity contribution in [3.05, 3.63) is 10.1 Å². The Morgan fingerprint density at radius 3 is 2.57 bits per heavy atom. The summed E-state index contributed by atoms with van der Waals surface area (Å²) < 4.78 is 4.74. The maximum absolute atomic E-state index is 11.1. The lowest BCUT2D eigenvalue weighted by molar-refractivity contribution is -0.488. The van der Waals surface area contributed by atoms with Crippen LogP contribution in [0, 0.1) is 16.0 Å². The molecule has 5 heteroatoms. The zero-order valence-electron chi connectivity index (χ0n) is 8.69. The van der Waals surface area contributed by atoms with E-state index >= 15 is 0 Å². The van der Waals surface area contributed by atoms with E-state index in [1.54, 1.807) is 6.92 Å². The molecule has 0 aliphatic heterocycles. The summed E-state index contributed by atoms with van der Waals surface area (Å²) in [4.78, 5) is 21.0. The highest BCUT2D eigenvalue weighted by Gasteiger charge is 2.18. The third kappa shape index (κ3) is 6.39. The van der Waals surface area contributed by atoms with Gasteiger partial charge in [-0.2, -0.15) is 0 Å². The molecule has 0 radical (unpaired) electrons. The van der Waals surface area contributed by atoms with Gasteiger partial charge in [0, 0.05) is 10.8 Å². The molecule has 0 spiro atoms. The molecule has 0 aromatic heterocycles. The molecule has 82 valence electrons. The smallest absolute Gasteiger partial charge is 0.306 e. The van der Waals surface area contributed by atoms with Crippen LogP contribution in [0.1, 0.15) is 33.1 Å². The predicted molar refractivity (Wildman–Crippen MR) is 51.5 cm³/mol. The molecule has 0 aromatic rings. The molecule has 0 N–H and O–H groups in total. The number of nitro groups is 1. The number of esters is 1. The Bertz CT molecular complexity index is 193. The van der Waals surface area contributed by atoms with Crippen molar-refractivity contribution >= 4 is 5.97 Å². The number of carbonyl (C=O) groups excluding carboxylic acids is 1. The molecule has 0 saturated carbocycles. The van der Waals surface area contributed by atoms with Gasteiger partial charge in [-0.3, -0.25) is 14.9 Å². The molecule has 14 heavy (non-hydrogen) atoms. The van der Waals surface area contributed by atoms with E-state index in [-0.39, 0.29) is 29.8 Å². The molecule has 0 amide bonds. The molecular weight excluding hydrogens is 186 g/mol. The predicted octanol–water partition coefficient (Wildman–Crippen LogP) is 1.63. The average Bonchev–Trinajstić information content (AvgIpc) is 2.03. The van der Waals surface area contributed by atoms with Crippen LogP contribution < -0.4 is 0 Å². The molecule has 0 heterocycles. The lowest BCUT2D eigenvalue weighted by Gasteiger charge is -2.10. The van der Waals surface area contributed by atoms with E-state index in [2.05, 4.69) is 0 Å². The Morgan fingerprint density at radius 2 is 2.14 bits per heavy atom. The second kappa shape index (κ2) is 7.29. The Morgan fingerprint density at radius 1 is 1.50 bits per heavy atom. The Kier molecular flexibility index (Phi) is 6.70. The zero-order chi connectivity index (χ0) is 11.0. The highest BCUT2D eigenvalue weighted by molar-refractivity contribution is 5.69. The van der Waals surface area contributed by atoms with Gasteiger partial charge in [0.2, 0.25) is 6.54 Å². The monoisotopic (exact) mass is 203 g/mol. The third-order valence-corrected chi connectivity index (χ3v) is 1.86. The zero-order valence-corrected chi connectivity index (χ0v) is 8.69. The normalized spacial score (nSPS) is 12.1. The second-order valence-electron chi connectivity index (χ2n) is 3.18. The van der Waals surface area contributed by atoms with Gasteiger partial charge in [0.25, 0.3) is 0 Å². The Balaban J connectivity index is 3.94. The number of hydrogen-bond acceptors (Lipinski definition) is 4. The van der Waals surface area contributed by atoms with Crippen LogP contribution in [0.3, 0.4) is 0 Å². The molecule has 0 saturated heterocycles. The topological polar surface area (TPSA) is 69.4 Å². The average molecular weight is 203 g/mol. The summed E-state index contributed by atoms with van der Waals surface area (Å²) in [6.45, 7) is 3.85. The number of carbonyl (C=O) groups is 1. The van der Waals surface area contributed by atoms with Gasteiger partial charge in [0.1, 0.15) is 0 Å².